The molecule has 2 N–H and O–H groups in total. The fourth-order valence-electron chi connectivity index (χ4n) is 2.19. The van der Waals surface area contributed by atoms with Crippen LogP contribution in [-0.4, -0.2) is 51.2 Å². The first-order chi connectivity index (χ1) is 8.99. The Morgan fingerprint density at radius 2 is 2.21 bits per heavy atom. The van der Waals surface area contributed by atoms with E-state index < -0.39 is 12.1 Å². The largest absolute Gasteiger partial charge is 0.477 e. The minimum atomic E-state index is -1.12. The second kappa shape index (κ2) is 5.36. The van der Waals surface area contributed by atoms with Crippen LogP contribution in [0.25, 0.3) is 0 Å². The zero-order valence-electron chi connectivity index (χ0n) is 10.6. The maximum atomic E-state index is 12.2. The number of nitrogens with zero attached hydrogens (tertiary/aromatic N) is 2. The van der Waals surface area contributed by atoms with Crippen molar-refractivity contribution in [1.82, 2.24) is 9.88 Å². The van der Waals surface area contributed by atoms with Crippen LogP contribution in [0.1, 0.15) is 34.2 Å². The Morgan fingerprint density at radius 3 is 2.68 bits per heavy atom. The monoisotopic (exact) mass is 264 g/mol. The molecule has 1 aromatic rings. The van der Waals surface area contributed by atoms with Gasteiger partial charge in [-0.1, -0.05) is 0 Å². The summed E-state index contributed by atoms with van der Waals surface area (Å²) in [5.74, 6) is -1.18. The number of aromatic carboxylic acids is 1. The molecule has 0 radical (unpaired) electrons. The predicted octanol–water partition coefficient (Wildman–Crippen LogP) is 0.623. The minimum absolute atomic E-state index is 0.0835. The van der Waals surface area contributed by atoms with Gasteiger partial charge in [-0.3, -0.25) is 4.79 Å². The Hall–Kier alpha value is -1.95. The highest BCUT2D eigenvalue weighted by atomic mass is 16.4. The first kappa shape index (κ1) is 13.5. The fraction of sp³-hybridized carbons (Fsp3) is 0.462. The van der Waals surface area contributed by atoms with Gasteiger partial charge in [-0.25, -0.2) is 9.78 Å². The van der Waals surface area contributed by atoms with Crippen LogP contribution in [0.3, 0.4) is 0 Å². The lowest BCUT2D eigenvalue weighted by Crippen LogP contribution is -2.30. The van der Waals surface area contributed by atoms with Crippen LogP contribution in [0, 0.1) is 5.92 Å². The number of carboxylic acid groups (broad SMARTS) is 1. The molecule has 19 heavy (non-hydrogen) atoms. The van der Waals surface area contributed by atoms with Gasteiger partial charge in [-0.15, -0.1) is 0 Å². The van der Waals surface area contributed by atoms with E-state index in [2.05, 4.69) is 4.98 Å². The smallest absolute Gasteiger partial charge is 0.354 e. The van der Waals surface area contributed by atoms with Gasteiger partial charge in [0, 0.05) is 25.2 Å². The molecule has 2 rings (SSSR count). The molecular formula is C13H16N2O4. The third kappa shape index (κ3) is 2.90. The molecule has 1 aromatic heterocycles. The highest BCUT2D eigenvalue weighted by Crippen LogP contribution is 2.21. The van der Waals surface area contributed by atoms with Gasteiger partial charge in [0.1, 0.15) is 5.69 Å². The van der Waals surface area contributed by atoms with Crippen LogP contribution in [0.4, 0.5) is 0 Å². The van der Waals surface area contributed by atoms with Gasteiger partial charge in [-0.05, 0) is 25.5 Å². The molecule has 102 valence electrons. The normalized spacial score (nSPS) is 20.3. The molecule has 0 bridgehead atoms. The number of aliphatic hydroxyl groups is 1. The van der Waals surface area contributed by atoms with E-state index in [4.69, 9.17) is 5.11 Å². The molecule has 0 spiro atoms. The molecule has 1 amide bonds. The third-order valence-corrected chi connectivity index (χ3v) is 3.42. The zero-order valence-corrected chi connectivity index (χ0v) is 10.6. The van der Waals surface area contributed by atoms with E-state index in [0.29, 0.717) is 18.7 Å². The molecule has 6 heteroatoms. The molecular weight excluding hydrogens is 248 g/mol. The molecule has 0 aliphatic carbocycles. The topological polar surface area (TPSA) is 90.7 Å². The number of rotatable bonds is 3. The number of carbonyl (C=O) groups is 2. The van der Waals surface area contributed by atoms with Crippen molar-refractivity contribution in [2.24, 2.45) is 5.92 Å². The van der Waals surface area contributed by atoms with Crippen molar-refractivity contribution in [3.05, 3.63) is 29.6 Å². The maximum Gasteiger partial charge on any atom is 0.354 e. The Kier molecular flexibility index (Phi) is 3.80. The van der Waals surface area contributed by atoms with Crippen LogP contribution in [0.2, 0.25) is 0 Å². The molecule has 1 aliphatic heterocycles. The molecule has 2 atom stereocenters. The Labute approximate surface area is 110 Å². The highest BCUT2D eigenvalue weighted by molar-refractivity contribution is 5.95. The van der Waals surface area contributed by atoms with Crippen molar-refractivity contribution >= 4 is 11.9 Å². The molecule has 0 aromatic carbocycles. The van der Waals surface area contributed by atoms with E-state index in [1.807, 2.05) is 0 Å². The highest BCUT2D eigenvalue weighted by Gasteiger charge is 2.29. The lowest BCUT2D eigenvalue weighted by Gasteiger charge is -2.17. The molecule has 1 saturated heterocycles. The van der Waals surface area contributed by atoms with Crippen LogP contribution in [-0.2, 0) is 0 Å². The number of aromatic nitrogens is 1. The van der Waals surface area contributed by atoms with Crippen molar-refractivity contribution in [3.8, 4) is 0 Å². The molecule has 2 heterocycles. The summed E-state index contributed by atoms with van der Waals surface area (Å²) in [6.07, 6.45) is 1.64. The average Bonchev–Trinajstić information content (AvgIpc) is 2.87. The molecule has 2 unspecified atom stereocenters. The summed E-state index contributed by atoms with van der Waals surface area (Å²) in [7, 11) is 0. The summed E-state index contributed by atoms with van der Waals surface area (Å²) in [6.45, 7) is 2.86. The SMILES string of the molecule is CC(O)C1CCN(C(=O)c2ccc(C(=O)O)nc2)C1. The molecule has 6 nitrogen and oxygen atoms in total. The molecule has 0 saturated carbocycles. The Morgan fingerprint density at radius 1 is 1.47 bits per heavy atom. The number of aliphatic hydroxyl groups excluding tert-OH is 1. The lowest BCUT2D eigenvalue weighted by atomic mass is 10.0. The number of amides is 1. The van der Waals surface area contributed by atoms with Gasteiger partial charge in [-0.2, -0.15) is 0 Å². The van der Waals surface area contributed by atoms with Gasteiger partial charge in [0.25, 0.3) is 5.91 Å². The number of carbonyl (C=O) groups excluding carboxylic acids is 1. The van der Waals surface area contributed by atoms with E-state index in [9.17, 15) is 14.7 Å². The summed E-state index contributed by atoms with van der Waals surface area (Å²) in [6, 6.07) is 2.78. The van der Waals surface area contributed by atoms with Gasteiger partial charge >= 0.3 is 5.97 Å². The van der Waals surface area contributed by atoms with E-state index in [1.54, 1.807) is 11.8 Å². The fourth-order valence-corrected chi connectivity index (χ4v) is 2.19. The molecule has 1 fully saturated rings. The Bertz CT molecular complexity index is 484. The van der Waals surface area contributed by atoms with Crippen molar-refractivity contribution in [2.45, 2.75) is 19.4 Å². The summed E-state index contributed by atoms with van der Waals surface area (Å²) in [5, 5.41) is 18.2. The van der Waals surface area contributed by atoms with Crippen LogP contribution >= 0.6 is 0 Å². The first-order valence-corrected chi connectivity index (χ1v) is 6.15. The van der Waals surface area contributed by atoms with E-state index in [0.717, 1.165) is 6.42 Å². The van der Waals surface area contributed by atoms with Crippen LogP contribution in [0.15, 0.2) is 18.3 Å². The predicted molar refractivity (Wildman–Crippen MR) is 66.9 cm³/mol. The number of hydrogen-bond donors (Lipinski definition) is 2. The van der Waals surface area contributed by atoms with Gasteiger partial charge in [0.2, 0.25) is 0 Å². The summed E-state index contributed by atoms with van der Waals surface area (Å²) < 4.78 is 0. The second-order valence-electron chi connectivity index (χ2n) is 4.78. The van der Waals surface area contributed by atoms with Crippen LogP contribution in [0.5, 0.6) is 0 Å². The average molecular weight is 264 g/mol. The van der Waals surface area contributed by atoms with Crippen molar-refractivity contribution in [3.63, 3.8) is 0 Å². The quantitative estimate of drug-likeness (QED) is 0.835. The second-order valence-corrected chi connectivity index (χ2v) is 4.78. The van der Waals surface area contributed by atoms with E-state index in [1.165, 1.54) is 18.3 Å². The number of pyridine rings is 1. The van der Waals surface area contributed by atoms with Crippen LogP contribution < -0.4 is 0 Å². The Balaban J connectivity index is 2.06. The summed E-state index contributed by atoms with van der Waals surface area (Å²) in [5.41, 5.74) is 0.288. The van der Waals surface area contributed by atoms with E-state index >= 15 is 0 Å². The van der Waals surface area contributed by atoms with Crippen molar-refractivity contribution in [2.75, 3.05) is 13.1 Å². The number of carboxylic acids is 1. The minimum Gasteiger partial charge on any atom is -0.477 e. The number of likely N-dealkylation sites (tertiary alicyclic amines) is 1. The maximum absolute atomic E-state index is 12.2. The summed E-state index contributed by atoms with van der Waals surface area (Å²) in [4.78, 5) is 28.2. The zero-order chi connectivity index (χ0) is 14.0. The van der Waals surface area contributed by atoms with Gasteiger partial charge in [0.05, 0.1) is 11.7 Å². The third-order valence-electron chi connectivity index (χ3n) is 3.42. The summed E-state index contributed by atoms with van der Waals surface area (Å²) >= 11 is 0. The lowest BCUT2D eigenvalue weighted by molar-refractivity contribution is 0.0687. The number of hydrogen-bond acceptors (Lipinski definition) is 4. The van der Waals surface area contributed by atoms with E-state index in [-0.39, 0.29) is 17.5 Å². The van der Waals surface area contributed by atoms with Gasteiger partial charge < -0.3 is 15.1 Å². The van der Waals surface area contributed by atoms with Crippen molar-refractivity contribution in [1.29, 1.82) is 0 Å². The van der Waals surface area contributed by atoms with Gasteiger partial charge in [0.15, 0.2) is 0 Å². The standard InChI is InChI=1S/C13H16N2O4/c1-8(16)10-4-5-15(7-10)12(17)9-2-3-11(13(18)19)14-6-9/h2-3,6,8,10,16H,4-5,7H2,1H3,(H,18,19). The first-order valence-electron chi connectivity index (χ1n) is 6.15. The molecule has 1 aliphatic rings. The van der Waals surface area contributed by atoms with Crippen molar-refractivity contribution < 1.29 is 19.8 Å².